The van der Waals surface area contributed by atoms with E-state index in [2.05, 4.69) is 0 Å². The van der Waals surface area contributed by atoms with Crippen LogP contribution in [0.2, 0.25) is 0 Å². The third-order valence-electron chi connectivity index (χ3n) is 5.85. The number of carboxylic acids is 2. The number of carboxylic acid groups (broad SMARTS) is 2. The summed E-state index contributed by atoms with van der Waals surface area (Å²) in [5.41, 5.74) is 0.165. The zero-order valence-corrected chi connectivity index (χ0v) is 20.9. The van der Waals surface area contributed by atoms with Crippen molar-refractivity contribution >= 4 is 24.1 Å². The van der Waals surface area contributed by atoms with E-state index < -0.39 is 22.8 Å². The van der Waals surface area contributed by atoms with Crippen molar-refractivity contribution in [3.8, 4) is 17.2 Å². The topological polar surface area (TPSA) is 113 Å². The Morgan fingerprint density at radius 2 is 1.23 bits per heavy atom. The van der Waals surface area contributed by atoms with E-state index in [1.54, 1.807) is 33.8 Å². The van der Waals surface area contributed by atoms with Gasteiger partial charge in [-0.25, -0.2) is 0 Å². The number of carbonyl (C=O) groups is 2. The highest BCUT2D eigenvalue weighted by molar-refractivity contribution is 5.74. The van der Waals surface area contributed by atoms with Gasteiger partial charge in [-0.15, -0.1) is 0 Å². The second kappa shape index (κ2) is 12.3. The molecule has 0 radical (unpaired) electrons. The lowest BCUT2D eigenvalue weighted by Gasteiger charge is -2.18. The molecule has 0 unspecified atom stereocenters. The summed E-state index contributed by atoms with van der Waals surface area (Å²) in [6, 6.07) is 12.5. The molecule has 0 atom stereocenters. The fourth-order valence-corrected chi connectivity index (χ4v) is 3.28. The van der Waals surface area contributed by atoms with Crippen LogP contribution in [-0.2, 0) is 9.59 Å². The fraction of sp³-hybridized carbons (Fsp3) is 0.429. The van der Waals surface area contributed by atoms with Crippen molar-refractivity contribution in [1.82, 2.24) is 0 Å². The molecule has 7 heteroatoms. The number of hydrogen-bond acceptors (Lipinski definition) is 5. The summed E-state index contributed by atoms with van der Waals surface area (Å²) in [7, 11) is 0. The lowest BCUT2D eigenvalue weighted by molar-refractivity contribution is -0.148. The molecule has 0 aromatic heterocycles. The Kier molecular flexibility index (Phi) is 9.75. The summed E-state index contributed by atoms with van der Waals surface area (Å²) in [6.45, 7) is 7.61. The van der Waals surface area contributed by atoms with Gasteiger partial charge < -0.3 is 24.8 Å². The Balaban J connectivity index is 1.86. The summed E-state index contributed by atoms with van der Waals surface area (Å²) in [5, 5.41) is 28.4. The first kappa shape index (κ1) is 27.8. The van der Waals surface area contributed by atoms with E-state index in [-0.39, 0.29) is 5.75 Å². The molecule has 2 aromatic rings. The fourth-order valence-electron chi connectivity index (χ4n) is 3.28. The van der Waals surface area contributed by atoms with Crippen LogP contribution in [0.3, 0.4) is 0 Å². The molecule has 0 bridgehead atoms. The Bertz CT molecular complexity index is 1020. The molecule has 0 amide bonds. The molecule has 190 valence electrons. The quantitative estimate of drug-likeness (QED) is 0.219. The first-order chi connectivity index (χ1) is 16.4. The van der Waals surface area contributed by atoms with Gasteiger partial charge in [-0.05, 0) is 88.8 Å². The molecule has 0 aliphatic heterocycles. The highest BCUT2D eigenvalue weighted by Crippen LogP contribution is 2.26. The molecule has 0 spiro atoms. The number of aromatic hydroxyl groups is 1. The number of phenols is 1. The molecule has 2 aromatic carbocycles. The van der Waals surface area contributed by atoms with Crippen molar-refractivity contribution in [2.75, 3.05) is 13.2 Å². The van der Waals surface area contributed by atoms with Gasteiger partial charge >= 0.3 is 11.9 Å². The van der Waals surface area contributed by atoms with E-state index >= 15 is 0 Å². The molecular weight excluding hydrogens is 448 g/mol. The second-order valence-corrected chi connectivity index (χ2v) is 9.94. The van der Waals surface area contributed by atoms with Gasteiger partial charge in [0.05, 0.1) is 24.0 Å². The molecule has 2 rings (SSSR count). The molecule has 7 nitrogen and oxygen atoms in total. The van der Waals surface area contributed by atoms with Crippen LogP contribution in [0.25, 0.3) is 12.2 Å². The van der Waals surface area contributed by atoms with Gasteiger partial charge in [-0.2, -0.15) is 0 Å². The van der Waals surface area contributed by atoms with E-state index in [4.69, 9.17) is 14.6 Å². The Morgan fingerprint density at radius 1 is 0.743 bits per heavy atom. The minimum absolute atomic E-state index is 0.0860. The van der Waals surface area contributed by atoms with E-state index in [1.807, 2.05) is 42.5 Å². The Morgan fingerprint density at radius 3 is 1.74 bits per heavy atom. The van der Waals surface area contributed by atoms with Crippen molar-refractivity contribution in [3.05, 3.63) is 53.6 Å². The minimum Gasteiger partial charge on any atom is -0.508 e. The summed E-state index contributed by atoms with van der Waals surface area (Å²) in [4.78, 5) is 22.3. The first-order valence-corrected chi connectivity index (χ1v) is 11.7. The largest absolute Gasteiger partial charge is 0.508 e. The van der Waals surface area contributed by atoms with Crippen LogP contribution < -0.4 is 9.47 Å². The number of benzene rings is 2. The second-order valence-electron chi connectivity index (χ2n) is 9.94. The van der Waals surface area contributed by atoms with E-state index in [0.29, 0.717) is 44.6 Å². The smallest absolute Gasteiger partial charge is 0.309 e. The van der Waals surface area contributed by atoms with Gasteiger partial charge in [0.1, 0.15) is 17.2 Å². The van der Waals surface area contributed by atoms with Crippen molar-refractivity contribution in [2.45, 2.75) is 53.4 Å². The molecule has 0 heterocycles. The monoisotopic (exact) mass is 484 g/mol. The summed E-state index contributed by atoms with van der Waals surface area (Å²) < 4.78 is 11.4. The van der Waals surface area contributed by atoms with Crippen molar-refractivity contribution in [3.63, 3.8) is 0 Å². The zero-order valence-electron chi connectivity index (χ0n) is 20.9. The van der Waals surface area contributed by atoms with Crippen molar-refractivity contribution < 1.29 is 34.4 Å². The lowest BCUT2D eigenvalue weighted by Crippen LogP contribution is -2.24. The van der Waals surface area contributed by atoms with Crippen LogP contribution in [0, 0.1) is 10.8 Å². The van der Waals surface area contributed by atoms with Crippen LogP contribution in [0.1, 0.15) is 64.5 Å². The zero-order chi connectivity index (χ0) is 26.1. The normalized spacial score (nSPS) is 12.0. The number of ether oxygens (including phenoxy) is 2. The maximum Gasteiger partial charge on any atom is 0.309 e. The maximum absolute atomic E-state index is 11.2. The molecule has 0 aliphatic rings. The Labute approximate surface area is 207 Å². The van der Waals surface area contributed by atoms with Gasteiger partial charge in [0, 0.05) is 6.07 Å². The predicted molar refractivity (Wildman–Crippen MR) is 136 cm³/mol. The number of aliphatic carboxylic acids is 2. The van der Waals surface area contributed by atoms with Gasteiger partial charge in [-0.3, -0.25) is 9.59 Å². The minimum atomic E-state index is -0.832. The highest BCUT2D eigenvalue weighted by Gasteiger charge is 2.27. The molecule has 0 saturated heterocycles. The summed E-state index contributed by atoms with van der Waals surface area (Å²) in [6.07, 6.45) is 6.05. The van der Waals surface area contributed by atoms with Gasteiger partial charge in [0.15, 0.2) is 0 Å². The molecule has 3 N–H and O–H groups in total. The van der Waals surface area contributed by atoms with Gasteiger partial charge in [0.25, 0.3) is 0 Å². The van der Waals surface area contributed by atoms with Crippen LogP contribution in [0.4, 0.5) is 0 Å². The third kappa shape index (κ3) is 9.35. The Hall–Kier alpha value is -3.48. The number of rotatable bonds is 14. The molecule has 0 fully saturated rings. The van der Waals surface area contributed by atoms with Crippen molar-refractivity contribution in [1.29, 1.82) is 0 Å². The van der Waals surface area contributed by atoms with E-state index in [9.17, 15) is 19.8 Å². The average molecular weight is 485 g/mol. The molecule has 35 heavy (non-hydrogen) atoms. The summed E-state index contributed by atoms with van der Waals surface area (Å²) >= 11 is 0. The highest BCUT2D eigenvalue weighted by atomic mass is 16.5. The maximum atomic E-state index is 11.2. The SMILES string of the molecule is CC(C)(CCCOc1ccc(/C=C/c2cc(O)cc(OCCCC(C)(C)C(=O)O)c2)cc1)C(=O)O. The number of phenolic OH excluding ortho intramolecular Hbond substituents is 1. The first-order valence-electron chi connectivity index (χ1n) is 11.7. The van der Waals surface area contributed by atoms with Crippen LogP contribution in [-0.4, -0.2) is 40.5 Å². The lowest BCUT2D eigenvalue weighted by atomic mass is 9.88. The van der Waals surface area contributed by atoms with Crippen LogP contribution in [0.5, 0.6) is 17.2 Å². The predicted octanol–water partition coefficient (Wildman–Crippen LogP) is 6.10. The molecule has 0 saturated carbocycles. The third-order valence-corrected chi connectivity index (χ3v) is 5.85. The molecular formula is C28H36O7. The summed E-state index contributed by atoms with van der Waals surface area (Å²) in [5.74, 6) is -0.315. The molecule has 0 aliphatic carbocycles. The van der Waals surface area contributed by atoms with Crippen LogP contribution in [0.15, 0.2) is 42.5 Å². The van der Waals surface area contributed by atoms with Crippen LogP contribution >= 0.6 is 0 Å². The van der Waals surface area contributed by atoms with Gasteiger partial charge in [-0.1, -0.05) is 24.3 Å². The van der Waals surface area contributed by atoms with Crippen molar-refractivity contribution in [2.24, 2.45) is 10.8 Å². The standard InChI is InChI=1S/C28H36O7/c1-27(2,25(30)31)13-5-15-34-23-11-9-20(10-12-23)7-8-21-17-22(29)19-24(18-21)35-16-6-14-28(3,4)26(32)33/h7-12,17-19,29H,5-6,13-16H2,1-4H3,(H,30,31)(H,32,33)/b8-7+. The average Bonchev–Trinajstić information content (AvgIpc) is 2.78. The van der Waals surface area contributed by atoms with E-state index in [1.165, 1.54) is 6.07 Å². The number of hydrogen-bond donors (Lipinski definition) is 3. The van der Waals surface area contributed by atoms with Gasteiger partial charge in [0.2, 0.25) is 0 Å². The van der Waals surface area contributed by atoms with E-state index in [0.717, 1.165) is 16.9 Å².